The zero-order valence-electron chi connectivity index (χ0n) is 12.0. The van der Waals surface area contributed by atoms with Gasteiger partial charge in [0.05, 0.1) is 23.9 Å². The minimum Gasteiger partial charge on any atom is -0.368 e. The van der Waals surface area contributed by atoms with E-state index >= 15 is 0 Å². The van der Waals surface area contributed by atoms with Gasteiger partial charge in [-0.15, -0.1) is 11.3 Å². The highest BCUT2D eigenvalue weighted by atomic mass is 32.1. The molecule has 1 fully saturated rings. The summed E-state index contributed by atoms with van der Waals surface area (Å²) in [4.78, 5) is 7.09. The molecule has 108 valence electrons. The minimum atomic E-state index is 0.0663. The molecule has 1 unspecified atom stereocenters. The van der Waals surface area contributed by atoms with Gasteiger partial charge < -0.3 is 4.74 Å². The maximum absolute atomic E-state index is 8.98. The summed E-state index contributed by atoms with van der Waals surface area (Å²) in [6.45, 7) is 5.87. The van der Waals surface area contributed by atoms with Gasteiger partial charge in [0.2, 0.25) is 0 Å². The van der Waals surface area contributed by atoms with Crippen molar-refractivity contribution in [1.82, 2.24) is 9.88 Å². The van der Waals surface area contributed by atoms with E-state index in [1.807, 2.05) is 23.6 Å². The molecule has 1 aliphatic rings. The monoisotopic (exact) mass is 299 g/mol. The fourth-order valence-electron chi connectivity index (χ4n) is 2.46. The maximum Gasteiger partial charge on any atom is 0.124 e. The van der Waals surface area contributed by atoms with E-state index in [4.69, 9.17) is 15.0 Å². The molecule has 5 heteroatoms. The number of benzene rings is 1. The van der Waals surface area contributed by atoms with Crippen LogP contribution in [-0.4, -0.2) is 36.1 Å². The Labute approximate surface area is 128 Å². The van der Waals surface area contributed by atoms with E-state index in [-0.39, 0.29) is 6.10 Å². The quantitative estimate of drug-likeness (QED) is 0.874. The number of ether oxygens (including phenoxy) is 1. The summed E-state index contributed by atoms with van der Waals surface area (Å²) in [6, 6.07) is 9.72. The Kier molecular flexibility index (Phi) is 4.30. The average molecular weight is 299 g/mol. The van der Waals surface area contributed by atoms with Crippen LogP contribution >= 0.6 is 11.3 Å². The van der Waals surface area contributed by atoms with Crippen LogP contribution in [0.4, 0.5) is 0 Å². The molecule has 0 radical (unpaired) electrons. The van der Waals surface area contributed by atoms with Crippen molar-refractivity contribution in [1.29, 1.82) is 5.26 Å². The Bertz CT molecular complexity index is 662. The summed E-state index contributed by atoms with van der Waals surface area (Å²) >= 11 is 1.63. The fourth-order valence-corrected chi connectivity index (χ4v) is 3.32. The predicted molar refractivity (Wildman–Crippen MR) is 83.1 cm³/mol. The molecule has 1 aromatic heterocycles. The van der Waals surface area contributed by atoms with Crippen molar-refractivity contribution in [2.24, 2.45) is 0 Å². The molecule has 0 N–H and O–H groups in total. The van der Waals surface area contributed by atoms with Crippen molar-refractivity contribution >= 4 is 11.3 Å². The Balaban J connectivity index is 1.81. The molecule has 3 rings (SSSR count). The van der Waals surface area contributed by atoms with Gasteiger partial charge in [-0.2, -0.15) is 5.26 Å². The van der Waals surface area contributed by atoms with Crippen molar-refractivity contribution in [3.63, 3.8) is 0 Å². The number of nitriles is 1. The Hall–Kier alpha value is -1.74. The van der Waals surface area contributed by atoms with Crippen LogP contribution in [0.15, 0.2) is 29.6 Å². The molecule has 21 heavy (non-hydrogen) atoms. The first-order valence-electron chi connectivity index (χ1n) is 7.10. The first-order chi connectivity index (χ1) is 10.3. The van der Waals surface area contributed by atoms with E-state index in [0.717, 1.165) is 42.5 Å². The molecule has 0 amide bonds. The first kappa shape index (κ1) is 14.2. The molecule has 0 spiro atoms. The normalized spacial score (nSPS) is 19.3. The molecule has 1 aliphatic heterocycles. The van der Waals surface area contributed by atoms with Crippen LogP contribution in [0.1, 0.15) is 23.6 Å². The lowest BCUT2D eigenvalue weighted by molar-refractivity contribution is -0.0282. The molecule has 0 bridgehead atoms. The number of thiazole rings is 1. The molecule has 0 aliphatic carbocycles. The summed E-state index contributed by atoms with van der Waals surface area (Å²) < 4.78 is 5.84. The molecule has 1 atom stereocenters. The van der Waals surface area contributed by atoms with Crippen LogP contribution in [0, 0.1) is 11.3 Å². The SMILES string of the molecule is CCN1CCOC(c2nc(-c3cccc(C#N)c3)cs2)C1. The van der Waals surface area contributed by atoms with Crippen molar-refractivity contribution in [2.75, 3.05) is 26.2 Å². The number of hydrogen-bond acceptors (Lipinski definition) is 5. The lowest BCUT2D eigenvalue weighted by Gasteiger charge is -2.30. The van der Waals surface area contributed by atoms with E-state index in [1.165, 1.54) is 0 Å². The Morgan fingerprint density at radius 3 is 3.24 bits per heavy atom. The largest absolute Gasteiger partial charge is 0.368 e. The van der Waals surface area contributed by atoms with Gasteiger partial charge in [-0.25, -0.2) is 4.98 Å². The van der Waals surface area contributed by atoms with Crippen molar-refractivity contribution < 1.29 is 4.74 Å². The average Bonchev–Trinajstić information content (AvgIpc) is 3.05. The number of morpholine rings is 1. The van der Waals surface area contributed by atoms with E-state index in [2.05, 4.69) is 17.9 Å². The summed E-state index contributed by atoms with van der Waals surface area (Å²) in [5.41, 5.74) is 2.57. The number of hydrogen-bond donors (Lipinski definition) is 0. The highest BCUT2D eigenvalue weighted by molar-refractivity contribution is 7.10. The summed E-state index contributed by atoms with van der Waals surface area (Å²) in [5.74, 6) is 0. The van der Waals surface area contributed by atoms with Crippen LogP contribution in [0.25, 0.3) is 11.3 Å². The molecular formula is C16H17N3OS. The molecule has 4 nitrogen and oxygen atoms in total. The zero-order chi connectivity index (χ0) is 14.7. The van der Waals surface area contributed by atoms with Gasteiger partial charge in [-0.05, 0) is 18.7 Å². The third-order valence-corrected chi connectivity index (χ3v) is 4.62. The maximum atomic E-state index is 8.98. The van der Waals surface area contributed by atoms with Gasteiger partial charge in [-0.1, -0.05) is 19.1 Å². The van der Waals surface area contributed by atoms with Crippen LogP contribution in [0.2, 0.25) is 0 Å². The molecule has 2 heterocycles. The highest BCUT2D eigenvalue weighted by Gasteiger charge is 2.23. The van der Waals surface area contributed by atoms with Gasteiger partial charge in [0.25, 0.3) is 0 Å². The van der Waals surface area contributed by atoms with Crippen molar-refractivity contribution in [2.45, 2.75) is 13.0 Å². The van der Waals surface area contributed by atoms with Crippen LogP contribution in [0.5, 0.6) is 0 Å². The van der Waals surface area contributed by atoms with E-state index < -0.39 is 0 Å². The second kappa shape index (κ2) is 6.35. The summed E-state index contributed by atoms with van der Waals surface area (Å²) in [5, 5.41) is 12.0. The third kappa shape index (κ3) is 3.13. The minimum absolute atomic E-state index is 0.0663. The van der Waals surface area contributed by atoms with Crippen molar-refractivity contribution in [3.8, 4) is 17.3 Å². The van der Waals surface area contributed by atoms with Gasteiger partial charge in [0.1, 0.15) is 11.1 Å². The van der Waals surface area contributed by atoms with Crippen LogP contribution in [0.3, 0.4) is 0 Å². The Morgan fingerprint density at radius 1 is 1.52 bits per heavy atom. The zero-order valence-corrected chi connectivity index (χ0v) is 12.8. The summed E-state index contributed by atoms with van der Waals surface area (Å²) in [7, 11) is 0. The number of nitrogens with zero attached hydrogens (tertiary/aromatic N) is 3. The smallest absolute Gasteiger partial charge is 0.124 e. The molecule has 2 aromatic rings. The standard InChI is InChI=1S/C16H17N3OS/c1-2-19-6-7-20-15(10-19)16-18-14(11-21-16)13-5-3-4-12(8-13)9-17/h3-5,8,11,15H,2,6-7,10H2,1H3. The molecule has 1 aromatic carbocycles. The van der Waals surface area contributed by atoms with Gasteiger partial charge in [0, 0.05) is 24.0 Å². The fraction of sp³-hybridized carbons (Fsp3) is 0.375. The third-order valence-electron chi connectivity index (χ3n) is 3.68. The van der Waals surface area contributed by atoms with Crippen molar-refractivity contribution in [3.05, 3.63) is 40.2 Å². The second-order valence-electron chi connectivity index (χ2n) is 5.02. The Morgan fingerprint density at radius 2 is 2.43 bits per heavy atom. The topological polar surface area (TPSA) is 49.1 Å². The number of aromatic nitrogens is 1. The number of rotatable bonds is 3. The lowest BCUT2D eigenvalue weighted by Crippen LogP contribution is -2.37. The van der Waals surface area contributed by atoms with E-state index in [9.17, 15) is 0 Å². The molecular weight excluding hydrogens is 282 g/mol. The predicted octanol–water partition coefficient (Wildman–Crippen LogP) is 3.07. The van der Waals surface area contributed by atoms with E-state index in [0.29, 0.717) is 5.56 Å². The molecule has 1 saturated heterocycles. The van der Waals surface area contributed by atoms with E-state index in [1.54, 1.807) is 17.4 Å². The van der Waals surface area contributed by atoms with Gasteiger partial charge in [-0.3, -0.25) is 4.90 Å². The summed E-state index contributed by atoms with van der Waals surface area (Å²) in [6.07, 6.45) is 0.0663. The van der Waals surface area contributed by atoms with Gasteiger partial charge >= 0.3 is 0 Å². The second-order valence-corrected chi connectivity index (χ2v) is 5.91. The molecule has 0 saturated carbocycles. The van der Waals surface area contributed by atoms with Gasteiger partial charge in [0.15, 0.2) is 0 Å². The van der Waals surface area contributed by atoms with Crippen LogP contribution in [-0.2, 0) is 4.74 Å². The van der Waals surface area contributed by atoms with Crippen LogP contribution < -0.4 is 0 Å². The number of likely N-dealkylation sites (N-methyl/N-ethyl adjacent to an activating group) is 1. The lowest BCUT2D eigenvalue weighted by atomic mass is 10.1. The highest BCUT2D eigenvalue weighted by Crippen LogP contribution is 2.29. The first-order valence-corrected chi connectivity index (χ1v) is 7.98.